The monoisotopic (exact) mass is 294 g/mol. The summed E-state index contributed by atoms with van der Waals surface area (Å²) in [6.07, 6.45) is 5.94. The number of nitrogens with zero attached hydrogens (tertiary/aromatic N) is 3. The number of aryl methyl sites for hydroxylation is 1. The molecule has 0 aromatic carbocycles. The van der Waals surface area contributed by atoms with Crippen molar-refractivity contribution in [2.45, 2.75) is 59.3 Å². The molecule has 0 saturated heterocycles. The minimum absolute atomic E-state index is 0.0278. The third kappa shape index (κ3) is 4.58. The van der Waals surface area contributed by atoms with Crippen molar-refractivity contribution >= 4 is 5.84 Å². The van der Waals surface area contributed by atoms with E-state index in [1.54, 1.807) is 0 Å². The highest BCUT2D eigenvalue weighted by atomic mass is 16.5. The molecule has 6 nitrogen and oxygen atoms in total. The highest BCUT2D eigenvalue weighted by molar-refractivity contribution is 6.00. The maximum atomic E-state index is 9.00. The van der Waals surface area contributed by atoms with Gasteiger partial charge >= 0.3 is 0 Å². The van der Waals surface area contributed by atoms with Gasteiger partial charge in [-0.05, 0) is 24.8 Å². The van der Waals surface area contributed by atoms with Crippen LogP contribution in [0.2, 0.25) is 0 Å². The molecule has 1 heterocycles. The third-order valence-electron chi connectivity index (χ3n) is 3.41. The Morgan fingerprint density at radius 3 is 2.48 bits per heavy atom. The lowest BCUT2D eigenvalue weighted by Crippen LogP contribution is -2.20. The van der Waals surface area contributed by atoms with Crippen molar-refractivity contribution < 1.29 is 9.94 Å². The smallest absolute Gasteiger partial charge is 0.244 e. The van der Waals surface area contributed by atoms with Gasteiger partial charge in [0.25, 0.3) is 0 Å². The van der Waals surface area contributed by atoms with Crippen molar-refractivity contribution in [1.29, 1.82) is 0 Å². The van der Waals surface area contributed by atoms with Gasteiger partial charge in [-0.2, -0.15) is 5.10 Å². The van der Waals surface area contributed by atoms with Crippen LogP contribution in [0, 0.1) is 0 Å². The van der Waals surface area contributed by atoms with Crippen LogP contribution >= 0.6 is 0 Å². The number of aromatic nitrogens is 2. The molecular weight excluding hydrogens is 268 g/mol. The normalized spacial score (nSPS) is 11.7. The summed E-state index contributed by atoms with van der Waals surface area (Å²) in [5.74, 6) is 0.385. The van der Waals surface area contributed by atoms with Gasteiger partial charge in [-0.25, -0.2) is 0 Å². The van der Waals surface area contributed by atoms with Crippen LogP contribution in [-0.2, 0) is 12.8 Å². The molecule has 0 spiro atoms. The van der Waals surface area contributed by atoms with Crippen LogP contribution in [0.25, 0.3) is 0 Å². The average Bonchev–Trinajstić information content (AvgIpc) is 2.52. The lowest BCUT2D eigenvalue weighted by molar-refractivity contribution is 0.287. The summed E-state index contributed by atoms with van der Waals surface area (Å²) in [5, 5.41) is 20.4. The molecule has 0 saturated carbocycles. The predicted molar refractivity (Wildman–Crippen MR) is 82.9 cm³/mol. The summed E-state index contributed by atoms with van der Waals surface area (Å²) in [6, 6.07) is 0. The summed E-state index contributed by atoms with van der Waals surface area (Å²) >= 11 is 0. The van der Waals surface area contributed by atoms with Gasteiger partial charge in [-0.1, -0.05) is 45.2 Å². The SMILES string of the molecule is CCCCCCOc1nnc(CC)c(CC)c1C(N)=NO. The molecule has 21 heavy (non-hydrogen) atoms. The van der Waals surface area contributed by atoms with Crippen molar-refractivity contribution in [3.8, 4) is 5.88 Å². The van der Waals surface area contributed by atoms with Gasteiger partial charge in [0.2, 0.25) is 5.88 Å². The number of hydrogen-bond acceptors (Lipinski definition) is 5. The van der Waals surface area contributed by atoms with Crippen LogP contribution in [-0.4, -0.2) is 27.8 Å². The molecule has 1 aromatic heterocycles. The maximum Gasteiger partial charge on any atom is 0.244 e. The molecule has 0 aliphatic carbocycles. The van der Waals surface area contributed by atoms with E-state index in [2.05, 4.69) is 22.3 Å². The molecule has 1 rings (SSSR count). The summed E-state index contributed by atoms with van der Waals surface area (Å²) in [5.41, 5.74) is 8.17. The van der Waals surface area contributed by atoms with Gasteiger partial charge in [0, 0.05) is 0 Å². The molecule has 0 aliphatic heterocycles. The van der Waals surface area contributed by atoms with E-state index in [4.69, 9.17) is 15.7 Å². The fraction of sp³-hybridized carbons (Fsp3) is 0.667. The van der Waals surface area contributed by atoms with Crippen molar-refractivity contribution in [1.82, 2.24) is 10.2 Å². The molecular formula is C15H26N4O2. The Morgan fingerprint density at radius 1 is 1.14 bits per heavy atom. The Morgan fingerprint density at radius 2 is 1.90 bits per heavy atom. The first-order valence-corrected chi connectivity index (χ1v) is 7.68. The van der Waals surface area contributed by atoms with E-state index < -0.39 is 0 Å². The molecule has 0 bridgehead atoms. The maximum absolute atomic E-state index is 9.00. The second-order valence-corrected chi connectivity index (χ2v) is 4.91. The van der Waals surface area contributed by atoms with Crippen molar-refractivity contribution in [3.63, 3.8) is 0 Å². The molecule has 0 aliphatic rings. The lowest BCUT2D eigenvalue weighted by atomic mass is 10.0. The fourth-order valence-corrected chi connectivity index (χ4v) is 2.27. The standard InChI is InChI=1S/C15H26N4O2/c1-4-7-8-9-10-21-15-13(14(16)19-20)11(5-2)12(6-3)17-18-15/h20H,4-10H2,1-3H3,(H2,16,19). The van der Waals surface area contributed by atoms with Crippen LogP contribution in [0.5, 0.6) is 5.88 Å². The summed E-state index contributed by atoms with van der Waals surface area (Å²) in [6.45, 7) is 6.74. The largest absolute Gasteiger partial charge is 0.476 e. The minimum atomic E-state index is 0.0278. The number of ether oxygens (including phenoxy) is 1. The fourth-order valence-electron chi connectivity index (χ4n) is 2.27. The zero-order chi connectivity index (χ0) is 15.7. The number of amidine groups is 1. The molecule has 0 unspecified atom stereocenters. The quantitative estimate of drug-likeness (QED) is 0.240. The number of nitrogens with two attached hydrogens (primary N) is 1. The number of unbranched alkanes of at least 4 members (excludes halogenated alkanes) is 3. The van der Waals surface area contributed by atoms with Gasteiger partial charge in [-0.15, -0.1) is 5.10 Å². The highest BCUT2D eigenvalue weighted by Gasteiger charge is 2.19. The van der Waals surface area contributed by atoms with Gasteiger partial charge in [0.1, 0.15) is 0 Å². The first-order valence-electron chi connectivity index (χ1n) is 7.68. The second-order valence-electron chi connectivity index (χ2n) is 4.91. The molecule has 0 fully saturated rings. The topological polar surface area (TPSA) is 93.6 Å². The van der Waals surface area contributed by atoms with Gasteiger partial charge in [0.05, 0.1) is 17.9 Å². The molecule has 6 heteroatoms. The van der Waals surface area contributed by atoms with E-state index in [1.165, 1.54) is 12.8 Å². The van der Waals surface area contributed by atoms with Crippen LogP contribution < -0.4 is 10.5 Å². The summed E-state index contributed by atoms with van der Waals surface area (Å²) in [4.78, 5) is 0. The van der Waals surface area contributed by atoms with Crippen LogP contribution in [0.15, 0.2) is 5.16 Å². The average molecular weight is 294 g/mol. The van der Waals surface area contributed by atoms with Crippen molar-refractivity contribution in [2.75, 3.05) is 6.61 Å². The minimum Gasteiger partial charge on any atom is -0.476 e. The highest BCUT2D eigenvalue weighted by Crippen LogP contribution is 2.23. The van der Waals surface area contributed by atoms with Crippen LogP contribution in [0.1, 0.15) is 63.3 Å². The van der Waals surface area contributed by atoms with E-state index in [9.17, 15) is 0 Å². The van der Waals surface area contributed by atoms with Gasteiger partial charge in [0.15, 0.2) is 5.84 Å². The molecule has 0 radical (unpaired) electrons. The first-order chi connectivity index (χ1) is 10.2. The third-order valence-corrected chi connectivity index (χ3v) is 3.41. The van der Waals surface area contributed by atoms with Crippen LogP contribution in [0.4, 0.5) is 0 Å². The van der Waals surface area contributed by atoms with E-state index in [0.29, 0.717) is 18.1 Å². The zero-order valence-corrected chi connectivity index (χ0v) is 13.2. The van der Waals surface area contributed by atoms with E-state index in [1.807, 2.05) is 13.8 Å². The number of hydrogen-bond donors (Lipinski definition) is 2. The van der Waals surface area contributed by atoms with Gasteiger partial charge in [-0.3, -0.25) is 0 Å². The molecule has 1 aromatic rings. The Balaban J connectivity index is 2.97. The zero-order valence-electron chi connectivity index (χ0n) is 13.2. The Bertz CT molecular complexity index is 475. The molecule has 0 atom stereocenters. The Labute approximate surface area is 126 Å². The number of rotatable bonds is 9. The predicted octanol–water partition coefficient (Wildman–Crippen LogP) is 2.65. The van der Waals surface area contributed by atoms with Crippen molar-refractivity contribution in [2.24, 2.45) is 10.9 Å². The van der Waals surface area contributed by atoms with E-state index in [0.717, 1.165) is 36.9 Å². The van der Waals surface area contributed by atoms with Crippen molar-refractivity contribution in [3.05, 3.63) is 16.8 Å². The van der Waals surface area contributed by atoms with E-state index in [-0.39, 0.29) is 5.84 Å². The Kier molecular flexibility index (Phi) is 7.50. The summed E-state index contributed by atoms with van der Waals surface area (Å²) in [7, 11) is 0. The molecule has 0 amide bonds. The lowest BCUT2D eigenvalue weighted by Gasteiger charge is -2.14. The van der Waals surface area contributed by atoms with E-state index >= 15 is 0 Å². The first kappa shape index (κ1) is 17.2. The van der Waals surface area contributed by atoms with Gasteiger partial charge < -0.3 is 15.7 Å². The molecule has 118 valence electrons. The summed E-state index contributed by atoms with van der Waals surface area (Å²) < 4.78 is 5.70. The molecule has 3 N–H and O–H groups in total. The Hall–Kier alpha value is -1.85. The van der Waals surface area contributed by atoms with Crippen LogP contribution in [0.3, 0.4) is 0 Å². The number of oxime groups is 1. The second kappa shape index (κ2) is 9.15.